The molecule has 0 aliphatic heterocycles. The molecule has 0 bridgehead atoms. The van der Waals surface area contributed by atoms with Gasteiger partial charge in [-0.1, -0.05) is 11.6 Å². The third-order valence-corrected chi connectivity index (χ3v) is 5.36. The summed E-state index contributed by atoms with van der Waals surface area (Å²) in [6.45, 7) is 3.94. The minimum absolute atomic E-state index is 0.206. The summed E-state index contributed by atoms with van der Waals surface area (Å²) in [4.78, 5) is 28.2. The molecule has 0 aromatic carbocycles. The summed E-state index contributed by atoms with van der Waals surface area (Å²) < 4.78 is 0. The van der Waals surface area contributed by atoms with Gasteiger partial charge in [0.05, 0.1) is 16.8 Å². The minimum atomic E-state index is -0.295. The van der Waals surface area contributed by atoms with Gasteiger partial charge in [0.25, 0.3) is 5.56 Å². The molecule has 4 rings (SSSR count). The molecule has 0 aliphatic rings. The molecule has 27 heavy (non-hydrogen) atoms. The summed E-state index contributed by atoms with van der Waals surface area (Å²) >= 11 is 7.65. The highest BCUT2D eigenvalue weighted by Gasteiger charge is 2.14. The summed E-state index contributed by atoms with van der Waals surface area (Å²) in [7, 11) is 0. The molecule has 4 aromatic rings. The van der Waals surface area contributed by atoms with Crippen molar-refractivity contribution < 1.29 is 0 Å². The van der Waals surface area contributed by atoms with Gasteiger partial charge in [-0.3, -0.25) is 4.79 Å². The standard InChI is InChI=1S/C19H16ClN5OS/c1-10-8-27-9-15(10)16-3-4-21-19(24-16)23-11(2)14-6-12-5-13(20)7-22-17(12)25-18(14)26/h3-9,11H,1-2H3,(H,21,23,24)(H,22,25,26)/t11-/m0/s1. The molecule has 0 amide bonds. The first-order valence-corrected chi connectivity index (χ1v) is 9.64. The number of rotatable bonds is 4. The molecule has 4 aromatic heterocycles. The Morgan fingerprint density at radius 2 is 2.11 bits per heavy atom. The van der Waals surface area contributed by atoms with E-state index in [4.69, 9.17) is 11.6 Å². The van der Waals surface area contributed by atoms with E-state index < -0.39 is 0 Å². The van der Waals surface area contributed by atoms with E-state index in [-0.39, 0.29) is 11.6 Å². The van der Waals surface area contributed by atoms with Crippen LogP contribution in [-0.4, -0.2) is 19.9 Å². The maximum absolute atomic E-state index is 12.4. The lowest BCUT2D eigenvalue weighted by Gasteiger charge is -2.14. The third kappa shape index (κ3) is 3.56. The highest BCUT2D eigenvalue weighted by molar-refractivity contribution is 7.08. The minimum Gasteiger partial charge on any atom is -0.347 e. The van der Waals surface area contributed by atoms with E-state index in [9.17, 15) is 4.79 Å². The van der Waals surface area contributed by atoms with E-state index in [1.54, 1.807) is 29.7 Å². The molecular formula is C19H16ClN5OS. The van der Waals surface area contributed by atoms with Crippen LogP contribution >= 0.6 is 22.9 Å². The third-order valence-electron chi connectivity index (χ3n) is 4.29. The molecule has 2 N–H and O–H groups in total. The van der Waals surface area contributed by atoms with E-state index >= 15 is 0 Å². The summed E-state index contributed by atoms with van der Waals surface area (Å²) in [6, 6.07) is 5.14. The van der Waals surface area contributed by atoms with Gasteiger partial charge < -0.3 is 10.3 Å². The number of pyridine rings is 2. The number of H-pyrrole nitrogens is 1. The zero-order chi connectivity index (χ0) is 19.0. The summed E-state index contributed by atoms with van der Waals surface area (Å²) in [6.07, 6.45) is 3.22. The quantitative estimate of drug-likeness (QED) is 0.526. The zero-order valence-corrected chi connectivity index (χ0v) is 16.2. The first-order valence-electron chi connectivity index (χ1n) is 8.32. The molecule has 6 nitrogen and oxygen atoms in total. The van der Waals surface area contributed by atoms with Gasteiger partial charge in [-0.25, -0.2) is 15.0 Å². The van der Waals surface area contributed by atoms with Crippen LogP contribution in [0.5, 0.6) is 0 Å². The fourth-order valence-electron chi connectivity index (χ4n) is 2.88. The number of aryl methyl sites for hydroxylation is 1. The molecule has 0 aliphatic carbocycles. The Kier molecular flexibility index (Phi) is 4.63. The summed E-state index contributed by atoms with van der Waals surface area (Å²) in [5, 5.41) is 8.65. The lowest BCUT2D eigenvalue weighted by Crippen LogP contribution is -2.20. The molecule has 8 heteroatoms. The Balaban J connectivity index is 1.65. The Bertz CT molecular complexity index is 1190. The molecule has 4 heterocycles. The first-order chi connectivity index (χ1) is 13.0. The highest BCUT2D eigenvalue weighted by atomic mass is 35.5. The SMILES string of the molecule is Cc1cscc1-c1ccnc(N[C@@H](C)c2cc3cc(Cl)cnc3[nH]c2=O)n1. The van der Waals surface area contributed by atoms with Crippen LogP contribution in [-0.2, 0) is 0 Å². The Hall–Kier alpha value is -2.77. The maximum atomic E-state index is 12.4. The summed E-state index contributed by atoms with van der Waals surface area (Å²) in [5.41, 5.74) is 3.97. The van der Waals surface area contributed by atoms with Crippen molar-refractivity contribution in [3.8, 4) is 11.3 Å². The average Bonchev–Trinajstić information content (AvgIpc) is 3.07. The second-order valence-corrected chi connectivity index (χ2v) is 7.43. The number of nitrogens with zero attached hydrogens (tertiary/aromatic N) is 3. The van der Waals surface area contributed by atoms with Crippen LogP contribution in [0.3, 0.4) is 0 Å². The van der Waals surface area contributed by atoms with Crippen molar-refractivity contribution in [3.05, 3.63) is 67.9 Å². The van der Waals surface area contributed by atoms with Gasteiger partial charge in [0.2, 0.25) is 5.95 Å². The predicted molar refractivity (Wildman–Crippen MR) is 109 cm³/mol. The van der Waals surface area contributed by atoms with E-state index in [0.717, 1.165) is 16.6 Å². The first kappa shape index (κ1) is 17.6. The predicted octanol–water partition coefficient (Wildman–Crippen LogP) is 4.58. The van der Waals surface area contributed by atoms with Gasteiger partial charge in [-0.2, -0.15) is 11.3 Å². The van der Waals surface area contributed by atoms with Crippen LogP contribution in [0.1, 0.15) is 24.1 Å². The van der Waals surface area contributed by atoms with Crippen molar-refractivity contribution in [3.63, 3.8) is 0 Å². The lowest BCUT2D eigenvalue weighted by atomic mass is 10.1. The molecule has 0 unspecified atom stereocenters. The maximum Gasteiger partial charge on any atom is 0.254 e. The van der Waals surface area contributed by atoms with Gasteiger partial charge in [0.15, 0.2) is 0 Å². The number of fused-ring (bicyclic) bond motifs is 1. The molecule has 0 fully saturated rings. The number of aromatic nitrogens is 4. The van der Waals surface area contributed by atoms with Crippen LogP contribution in [0.15, 0.2) is 46.1 Å². The fourth-order valence-corrected chi connectivity index (χ4v) is 3.88. The molecule has 136 valence electrons. The van der Waals surface area contributed by atoms with Gasteiger partial charge in [-0.15, -0.1) is 0 Å². The number of hydrogen-bond acceptors (Lipinski definition) is 6. The topological polar surface area (TPSA) is 83.6 Å². The van der Waals surface area contributed by atoms with Gasteiger partial charge >= 0.3 is 0 Å². The molecular weight excluding hydrogens is 382 g/mol. The van der Waals surface area contributed by atoms with Crippen molar-refractivity contribution in [2.24, 2.45) is 0 Å². The average molecular weight is 398 g/mol. The van der Waals surface area contributed by atoms with Crippen LogP contribution in [0.25, 0.3) is 22.3 Å². The van der Waals surface area contributed by atoms with Crippen molar-refractivity contribution in [1.82, 2.24) is 19.9 Å². The van der Waals surface area contributed by atoms with Gasteiger partial charge in [0.1, 0.15) is 5.65 Å². The second kappa shape index (κ2) is 7.09. The largest absolute Gasteiger partial charge is 0.347 e. The smallest absolute Gasteiger partial charge is 0.254 e. The van der Waals surface area contributed by atoms with E-state index in [0.29, 0.717) is 22.2 Å². The Morgan fingerprint density at radius 3 is 2.89 bits per heavy atom. The molecule has 0 spiro atoms. The molecule has 0 saturated heterocycles. The number of anilines is 1. The molecule has 1 atom stereocenters. The monoisotopic (exact) mass is 397 g/mol. The van der Waals surface area contributed by atoms with Crippen LogP contribution in [0, 0.1) is 6.92 Å². The highest BCUT2D eigenvalue weighted by Crippen LogP contribution is 2.26. The van der Waals surface area contributed by atoms with Crippen molar-refractivity contribution in [1.29, 1.82) is 0 Å². The number of thiophene rings is 1. The van der Waals surface area contributed by atoms with E-state index in [2.05, 4.69) is 42.9 Å². The normalized spacial score (nSPS) is 12.3. The zero-order valence-electron chi connectivity index (χ0n) is 14.7. The lowest BCUT2D eigenvalue weighted by molar-refractivity contribution is 0.844. The molecule has 0 saturated carbocycles. The van der Waals surface area contributed by atoms with Crippen LogP contribution < -0.4 is 10.9 Å². The van der Waals surface area contributed by atoms with Crippen molar-refractivity contribution in [2.75, 3.05) is 5.32 Å². The Morgan fingerprint density at radius 1 is 1.26 bits per heavy atom. The van der Waals surface area contributed by atoms with Gasteiger partial charge in [-0.05, 0) is 43.0 Å². The summed E-state index contributed by atoms with van der Waals surface area (Å²) in [5.74, 6) is 0.467. The van der Waals surface area contributed by atoms with Crippen LogP contribution in [0.2, 0.25) is 5.02 Å². The number of aromatic amines is 1. The van der Waals surface area contributed by atoms with Gasteiger partial charge in [0, 0.05) is 34.3 Å². The number of hydrogen-bond donors (Lipinski definition) is 2. The Labute approximate surface area is 164 Å². The van der Waals surface area contributed by atoms with Crippen LogP contribution in [0.4, 0.5) is 5.95 Å². The second-order valence-electron chi connectivity index (χ2n) is 6.25. The fraction of sp³-hybridized carbons (Fsp3) is 0.158. The van der Waals surface area contributed by atoms with E-state index in [1.165, 1.54) is 11.8 Å². The molecule has 0 radical (unpaired) electrons. The van der Waals surface area contributed by atoms with E-state index in [1.807, 2.05) is 13.0 Å². The van der Waals surface area contributed by atoms with Crippen molar-refractivity contribution >= 4 is 39.9 Å². The number of halogens is 1. The van der Waals surface area contributed by atoms with Crippen molar-refractivity contribution in [2.45, 2.75) is 19.9 Å². The number of nitrogens with one attached hydrogen (secondary N) is 2.